The number of unbranched alkanes of at least 4 members (excludes halogenated alkanes) is 14. The van der Waals surface area contributed by atoms with Gasteiger partial charge in [-0.2, -0.15) is 0 Å². The number of aliphatic hydroxyl groups is 1. The summed E-state index contributed by atoms with van der Waals surface area (Å²) in [5.74, 6) is -0.385. The fourth-order valence-corrected chi connectivity index (χ4v) is 4.21. The maximum atomic E-state index is 11.7. The number of hydrogen-bond donors (Lipinski definition) is 2. The number of esters is 1. The van der Waals surface area contributed by atoms with E-state index >= 15 is 0 Å². The Morgan fingerprint density at radius 2 is 1.33 bits per heavy atom. The largest absolute Gasteiger partial charge is 0.756 e. The Morgan fingerprint density at radius 3 is 1.82 bits per heavy atom. The maximum Gasteiger partial charge on any atom is 0.305 e. The van der Waals surface area contributed by atoms with Crippen molar-refractivity contribution in [2.45, 2.75) is 116 Å². The summed E-state index contributed by atoms with van der Waals surface area (Å²) in [5, 5.41) is 11.5. The molecular weight excluding hydrogens is 445 g/mol. The molecule has 0 aromatic carbocycles. The molecule has 0 amide bonds. The van der Waals surface area contributed by atoms with Crippen molar-refractivity contribution in [3.8, 4) is 0 Å². The molecule has 2 unspecified atom stereocenters. The molecule has 33 heavy (non-hydrogen) atoms. The van der Waals surface area contributed by atoms with Crippen molar-refractivity contribution in [1.82, 2.24) is 0 Å². The molecule has 0 aliphatic heterocycles. The smallest absolute Gasteiger partial charge is 0.305 e. The van der Waals surface area contributed by atoms with Crippen LogP contribution >= 0.6 is 7.82 Å². The fourth-order valence-electron chi connectivity index (χ4n) is 3.45. The number of phosphoric acid groups is 1. The number of phosphoric ester groups is 1. The second-order valence-electron chi connectivity index (χ2n) is 8.81. The molecule has 0 spiro atoms. The van der Waals surface area contributed by atoms with E-state index in [1.54, 1.807) is 12.4 Å². The zero-order valence-corrected chi connectivity index (χ0v) is 22.0. The van der Waals surface area contributed by atoms with Crippen LogP contribution in [-0.4, -0.2) is 50.6 Å². The quantitative estimate of drug-likeness (QED) is 0.112. The monoisotopic (exact) mass is 495 g/mol. The van der Waals surface area contributed by atoms with E-state index in [1.807, 2.05) is 0 Å². The Kier molecular flexibility index (Phi) is 22.9. The number of hydrogen-bond acceptors (Lipinski definition) is 7. The zero-order chi connectivity index (χ0) is 24.6. The highest BCUT2D eigenvalue weighted by Gasteiger charge is 2.15. The molecule has 3 N–H and O–H groups in total. The number of carbonyl (C=O) groups is 1. The summed E-state index contributed by atoms with van der Waals surface area (Å²) in [5.41, 5.74) is 0. The Balaban J connectivity index is 3.44. The first kappa shape index (κ1) is 32.5. The van der Waals surface area contributed by atoms with Gasteiger partial charge >= 0.3 is 5.97 Å². The molecule has 0 heterocycles. The lowest BCUT2D eigenvalue weighted by atomic mass is 10.0. The summed E-state index contributed by atoms with van der Waals surface area (Å²) >= 11 is 0. The summed E-state index contributed by atoms with van der Waals surface area (Å²) < 4.78 is 25.6. The lowest BCUT2D eigenvalue weighted by Crippen LogP contribution is -2.80. The van der Waals surface area contributed by atoms with Crippen LogP contribution in [0.5, 0.6) is 0 Å². The molecule has 0 fully saturated rings. The van der Waals surface area contributed by atoms with Gasteiger partial charge in [-0.05, 0) is 6.42 Å². The topological polar surface area (TPSA) is 122 Å². The number of nitrogens with two attached hydrogens (primary N) is 1. The fraction of sp³-hybridized carbons (Fsp3) is 0.958. The highest BCUT2D eigenvalue weighted by Crippen LogP contribution is 2.37. The van der Waals surface area contributed by atoms with Crippen molar-refractivity contribution in [3.05, 3.63) is 0 Å². The third-order valence-corrected chi connectivity index (χ3v) is 6.47. The standard InChI is InChI=1S/C24H50NO7P/c1-3-4-5-6-7-8-9-10-11-12-13-14-15-16-17-18-24(27)30-21-23(26)22-32-33(28,29)31-20-19-25-2/h23,25-26H,3-22H2,1-2H3,(H,28,29). The third kappa shape index (κ3) is 24.4. The lowest BCUT2D eigenvalue weighted by Gasteiger charge is -2.23. The average Bonchev–Trinajstić information content (AvgIpc) is 2.79. The molecule has 0 radical (unpaired) electrons. The minimum Gasteiger partial charge on any atom is -0.756 e. The molecule has 0 saturated carbocycles. The Labute approximate surface area is 201 Å². The number of quaternary nitrogens is 1. The van der Waals surface area contributed by atoms with E-state index in [1.165, 1.54) is 77.0 Å². The first-order chi connectivity index (χ1) is 15.9. The van der Waals surface area contributed by atoms with Crippen LogP contribution in [0.3, 0.4) is 0 Å². The summed E-state index contributed by atoms with van der Waals surface area (Å²) in [6.45, 7) is 1.95. The molecule has 0 rings (SSSR count). The number of aliphatic hydroxyl groups excluding tert-OH is 1. The molecule has 0 aliphatic rings. The van der Waals surface area contributed by atoms with Gasteiger partial charge in [0.15, 0.2) is 0 Å². The van der Waals surface area contributed by atoms with Crippen molar-refractivity contribution >= 4 is 13.8 Å². The zero-order valence-electron chi connectivity index (χ0n) is 21.1. The number of carbonyl (C=O) groups excluding carboxylic acids is 1. The van der Waals surface area contributed by atoms with Gasteiger partial charge < -0.3 is 29.1 Å². The molecule has 0 bridgehead atoms. The van der Waals surface area contributed by atoms with Crippen molar-refractivity contribution in [1.29, 1.82) is 0 Å². The Bertz CT molecular complexity index is 493. The van der Waals surface area contributed by atoms with E-state index in [4.69, 9.17) is 4.74 Å². The predicted molar refractivity (Wildman–Crippen MR) is 129 cm³/mol. The highest BCUT2D eigenvalue weighted by molar-refractivity contribution is 7.45. The summed E-state index contributed by atoms with van der Waals surface area (Å²) in [6.07, 6.45) is 18.1. The van der Waals surface area contributed by atoms with Gasteiger partial charge in [0, 0.05) is 6.42 Å². The maximum absolute atomic E-state index is 11.7. The molecule has 0 aliphatic carbocycles. The van der Waals surface area contributed by atoms with Gasteiger partial charge in [-0.3, -0.25) is 9.36 Å². The minimum absolute atomic E-state index is 0.00160. The van der Waals surface area contributed by atoms with Gasteiger partial charge in [0.25, 0.3) is 7.82 Å². The molecule has 0 saturated heterocycles. The third-order valence-electron chi connectivity index (χ3n) is 5.50. The van der Waals surface area contributed by atoms with Crippen LogP contribution in [-0.2, 0) is 23.1 Å². The lowest BCUT2D eigenvalue weighted by molar-refractivity contribution is -0.627. The number of rotatable bonds is 25. The van der Waals surface area contributed by atoms with Crippen LogP contribution in [0.15, 0.2) is 0 Å². The molecule has 0 aromatic rings. The molecule has 0 aromatic heterocycles. The Hall–Kier alpha value is -0.500. The SMILES string of the molecule is CCCCCCCCCCCCCCCCCC(=O)OCC(O)COP(=O)([O-])OCC[NH2+]C. The predicted octanol–water partition coefficient (Wildman–Crippen LogP) is 3.85. The van der Waals surface area contributed by atoms with Gasteiger partial charge in [-0.15, -0.1) is 0 Å². The van der Waals surface area contributed by atoms with E-state index in [0.717, 1.165) is 19.3 Å². The van der Waals surface area contributed by atoms with Gasteiger partial charge in [-0.1, -0.05) is 96.8 Å². The van der Waals surface area contributed by atoms with Crippen LogP contribution in [0.25, 0.3) is 0 Å². The average molecular weight is 496 g/mol. The van der Waals surface area contributed by atoms with Crippen LogP contribution in [0, 0.1) is 0 Å². The van der Waals surface area contributed by atoms with Gasteiger partial charge in [0.1, 0.15) is 19.3 Å². The van der Waals surface area contributed by atoms with Gasteiger partial charge in [0.05, 0.1) is 20.2 Å². The molecule has 8 nitrogen and oxygen atoms in total. The van der Waals surface area contributed by atoms with E-state index in [2.05, 4.69) is 16.0 Å². The first-order valence-electron chi connectivity index (χ1n) is 13.1. The Morgan fingerprint density at radius 1 is 0.848 bits per heavy atom. The summed E-state index contributed by atoms with van der Waals surface area (Å²) in [7, 11) is -2.65. The van der Waals surface area contributed by atoms with Crippen LogP contribution in [0.2, 0.25) is 0 Å². The first-order valence-corrected chi connectivity index (χ1v) is 14.6. The van der Waals surface area contributed by atoms with Crippen LogP contribution in [0.4, 0.5) is 0 Å². The van der Waals surface area contributed by atoms with Crippen molar-refractivity contribution in [2.75, 3.05) is 33.4 Å². The van der Waals surface area contributed by atoms with E-state index in [9.17, 15) is 19.4 Å². The van der Waals surface area contributed by atoms with Crippen molar-refractivity contribution in [3.63, 3.8) is 0 Å². The molecular formula is C24H50NO7P. The normalized spacial score (nSPS) is 14.2. The highest BCUT2D eigenvalue weighted by atomic mass is 31.2. The summed E-state index contributed by atoms with van der Waals surface area (Å²) in [4.78, 5) is 23.2. The van der Waals surface area contributed by atoms with Gasteiger partial charge in [-0.25, -0.2) is 0 Å². The van der Waals surface area contributed by atoms with E-state index in [0.29, 0.717) is 13.0 Å². The van der Waals surface area contributed by atoms with Crippen LogP contribution in [0.1, 0.15) is 110 Å². The van der Waals surface area contributed by atoms with Crippen molar-refractivity contribution < 1.29 is 38.5 Å². The molecule has 2 atom stereocenters. The van der Waals surface area contributed by atoms with Crippen molar-refractivity contribution in [2.24, 2.45) is 0 Å². The van der Waals surface area contributed by atoms with Crippen LogP contribution < -0.4 is 10.2 Å². The number of likely N-dealkylation sites (N-methyl/N-ethyl adjacent to an activating group) is 1. The van der Waals surface area contributed by atoms with E-state index < -0.39 is 20.5 Å². The van der Waals surface area contributed by atoms with Gasteiger partial charge in [0.2, 0.25) is 0 Å². The second-order valence-corrected chi connectivity index (χ2v) is 10.2. The molecule has 198 valence electrons. The second kappa shape index (κ2) is 23.3. The minimum atomic E-state index is -4.44. The summed E-state index contributed by atoms with van der Waals surface area (Å²) in [6, 6.07) is 0. The number of ether oxygens (including phenoxy) is 1. The van der Waals surface area contributed by atoms with E-state index in [-0.39, 0.29) is 19.2 Å². The molecule has 9 heteroatoms.